The fraction of sp³-hybridized carbons (Fsp3) is 0.550. The quantitative estimate of drug-likeness (QED) is 0.400. The third-order valence-corrected chi connectivity index (χ3v) is 3.73. The molecule has 0 saturated carbocycles. The van der Waals surface area contributed by atoms with Crippen LogP contribution in [0.15, 0.2) is 24.3 Å². The largest absolute Gasteiger partial charge is 1.00 e. The van der Waals surface area contributed by atoms with Crippen LogP contribution in [0.25, 0.3) is 0 Å². The minimum absolute atomic E-state index is 0. The Labute approximate surface area is 183 Å². The SMILES string of the molecule is CCCCOC(=O)c1ccccc1C(=O)OCCCC.O=C1CCCN1.[Na+]. The second-order valence-electron chi connectivity index (χ2n) is 5.98. The normalized spacial score (nSPS) is 12.1. The van der Waals surface area contributed by atoms with Gasteiger partial charge in [0.2, 0.25) is 5.91 Å². The standard InChI is InChI=1S/C16H22O4.C4H7NO.Na/c1-3-5-11-19-15(17)13-9-7-8-10-14(13)16(18)20-12-6-4-2;6-4-2-1-3-5-4;/h7-10H,3-6,11-12H2,1-2H3;1-3H2,(H,5,6);/q;;+1. The molecular weight excluding hydrogens is 357 g/mol. The number of ether oxygens (including phenoxy) is 2. The maximum atomic E-state index is 11.9. The summed E-state index contributed by atoms with van der Waals surface area (Å²) < 4.78 is 10.3. The summed E-state index contributed by atoms with van der Waals surface area (Å²) in [7, 11) is 0. The number of hydrogen-bond acceptors (Lipinski definition) is 5. The van der Waals surface area contributed by atoms with E-state index >= 15 is 0 Å². The molecule has 1 aromatic carbocycles. The molecule has 0 aromatic heterocycles. The van der Waals surface area contributed by atoms with E-state index in [1.165, 1.54) is 0 Å². The number of carbonyl (C=O) groups excluding carboxylic acids is 3. The number of rotatable bonds is 8. The topological polar surface area (TPSA) is 81.7 Å². The van der Waals surface area contributed by atoms with Crippen LogP contribution in [0.5, 0.6) is 0 Å². The van der Waals surface area contributed by atoms with Crippen LogP contribution in [-0.2, 0) is 14.3 Å². The number of benzene rings is 1. The molecule has 1 aromatic rings. The Morgan fingerprint density at radius 2 is 1.44 bits per heavy atom. The van der Waals surface area contributed by atoms with Crippen LogP contribution in [0.1, 0.15) is 73.1 Å². The summed E-state index contributed by atoms with van der Waals surface area (Å²) >= 11 is 0. The summed E-state index contributed by atoms with van der Waals surface area (Å²) in [4.78, 5) is 34.0. The van der Waals surface area contributed by atoms with Crippen molar-refractivity contribution in [2.45, 2.75) is 52.4 Å². The van der Waals surface area contributed by atoms with Gasteiger partial charge in [-0.2, -0.15) is 0 Å². The van der Waals surface area contributed by atoms with Crippen LogP contribution in [0.2, 0.25) is 0 Å². The Hall–Kier alpha value is -1.37. The first kappa shape index (κ1) is 25.6. The third-order valence-electron chi connectivity index (χ3n) is 3.73. The molecule has 1 amide bonds. The second kappa shape index (κ2) is 15.7. The van der Waals surface area contributed by atoms with Gasteiger partial charge >= 0.3 is 41.5 Å². The summed E-state index contributed by atoms with van der Waals surface area (Å²) in [6.45, 7) is 5.67. The fourth-order valence-corrected chi connectivity index (χ4v) is 2.18. The number of unbranched alkanes of at least 4 members (excludes halogenated alkanes) is 2. The summed E-state index contributed by atoms with van der Waals surface area (Å²) in [6.07, 6.45) is 5.30. The zero-order valence-electron chi connectivity index (χ0n) is 16.7. The molecule has 6 nitrogen and oxygen atoms in total. The van der Waals surface area contributed by atoms with Crippen LogP contribution < -0.4 is 34.9 Å². The predicted molar refractivity (Wildman–Crippen MR) is 99.1 cm³/mol. The van der Waals surface area contributed by atoms with Gasteiger partial charge in [0, 0.05) is 13.0 Å². The van der Waals surface area contributed by atoms with Gasteiger partial charge in [-0.15, -0.1) is 0 Å². The van der Waals surface area contributed by atoms with Crippen LogP contribution >= 0.6 is 0 Å². The van der Waals surface area contributed by atoms with Crippen molar-refractivity contribution in [2.24, 2.45) is 0 Å². The molecule has 0 spiro atoms. The van der Waals surface area contributed by atoms with Crippen LogP contribution in [-0.4, -0.2) is 37.6 Å². The zero-order valence-corrected chi connectivity index (χ0v) is 18.7. The van der Waals surface area contributed by atoms with Crippen molar-refractivity contribution in [3.63, 3.8) is 0 Å². The Morgan fingerprint density at radius 3 is 1.74 bits per heavy atom. The van der Waals surface area contributed by atoms with E-state index in [-0.39, 0.29) is 46.6 Å². The number of nitrogens with one attached hydrogen (secondary N) is 1. The molecule has 2 rings (SSSR count). The van der Waals surface area contributed by atoms with E-state index in [0.29, 0.717) is 13.2 Å². The smallest absolute Gasteiger partial charge is 0.462 e. The first-order chi connectivity index (χ1) is 12.6. The third kappa shape index (κ3) is 10.5. The van der Waals surface area contributed by atoms with E-state index in [9.17, 15) is 14.4 Å². The fourth-order valence-electron chi connectivity index (χ4n) is 2.18. The minimum Gasteiger partial charge on any atom is -0.462 e. The van der Waals surface area contributed by atoms with Crippen molar-refractivity contribution < 1.29 is 53.4 Å². The van der Waals surface area contributed by atoms with E-state index in [4.69, 9.17) is 9.47 Å². The van der Waals surface area contributed by atoms with Gasteiger partial charge in [-0.05, 0) is 31.4 Å². The van der Waals surface area contributed by atoms with Crippen molar-refractivity contribution in [3.05, 3.63) is 35.4 Å². The number of amides is 1. The molecule has 27 heavy (non-hydrogen) atoms. The summed E-state index contributed by atoms with van der Waals surface area (Å²) in [5.74, 6) is -0.738. The van der Waals surface area contributed by atoms with Gasteiger partial charge < -0.3 is 14.8 Å². The molecule has 144 valence electrons. The molecule has 1 fully saturated rings. The molecule has 0 aliphatic carbocycles. The Morgan fingerprint density at radius 1 is 0.963 bits per heavy atom. The van der Waals surface area contributed by atoms with Gasteiger partial charge in [-0.3, -0.25) is 4.79 Å². The van der Waals surface area contributed by atoms with Crippen LogP contribution in [0.4, 0.5) is 0 Å². The van der Waals surface area contributed by atoms with Gasteiger partial charge in [0.05, 0.1) is 24.3 Å². The average Bonchev–Trinajstić information content (AvgIpc) is 3.13. The molecular formula is C20H29NNaO5+. The first-order valence-corrected chi connectivity index (χ1v) is 9.30. The van der Waals surface area contributed by atoms with E-state index in [1.54, 1.807) is 24.3 Å². The number of carbonyl (C=O) groups is 3. The Kier molecular flexibility index (Phi) is 14.9. The average molecular weight is 386 g/mol. The molecule has 7 heteroatoms. The summed E-state index contributed by atoms with van der Waals surface area (Å²) in [6, 6.07) is 6.59. The summed E-state index contributed by atoms with van der Waals surface area (Å²) in [5, 5.41) is 2.68. The molecule has 1 saturated heterocycles. The van der Waals surface area contributed by atoms with Crippen LogP contribution in [0, 0.1) is 0 Å². The number of esters is 2. The summed E-state index contributed by atoms with van der Waals surface area (Å²) in [5.41, 5.74) is 0.537. The maximum absolute atomic E-state index is 11.9. The Bertz CT molecular complexity index is 542. The Balaban J connectivity index is 0.000000817. The van der Waals surface area contributed by atoms with Crippen molar-refractivity contribution >= 4 is 17.8 Å². The molecule has 1 N–H and O–H groups in total. The monoisotopic (exact) mass is 386 g/mol. The first-order valence-electron chi connectivity index (χ1n) is 9.30. The molecule has 0 unspecified atom stereocenters. The number of hydrogen-bond donors (Lipinski definition) is 1. The van der Waals surface area contributed by atoms with Crippen molar-refractivity contribution in [3.8, 4) is 0 Å². The van der Waals surface area contributed by atoms with Crippen molar-refractivity contribution in [1.29, 1.82) is 0 Å². The zero-order chi connectivity index (χ0) is 19.2. The van der Waals surface area contributed by atoms with Gasteiger partial charge in [-0.1, -0.05) is 38.8 Å². The van der Waals surface area contributed by atoms with E-state index in [1.807, 2.05) is 13.8 Å². The van der Waals surface area contributed by atoms with E-state index < -0.39 is 11.9 Å². The predicted octanol–water partition coefficient (Wildman–Crippen LogP) is 0.501. The van der Waals surface area contributed by atoms with Gasteiger partial charge in [0.1, 0.15) is 0 Å². The van der Waals surface area contributed by atoms with Crippen molar-refractivity contribution in [2.75, 3.05) is 19.8 Å². The molecule has 1 aliphatic heterocycles. The van der Waals surface area contributed by atoms with Gasteiger partial charge in [0.25, 0.3) is 0 Å². The molecule has 0 atom stereocenters. The van der Waals surface area contributed by atoms with Crippen LogP contribution in [0.3, 0.4) is 0 Å². The molecule has 1 heterocycles. The van der Waals surface area contributed by atoms with Gasteiger partial charge in [-0.25, -0.2) is 9.59 Å². The van der Waals surface area contributed by atoms with Gasteiger partial charge in [0.15, 0.2) is 0 Å². The molecule has 0 bridgehead atoms. The molecule has 0 radical (unpaired) electrons. The minimum atomic E-state index is -0.471. The maximum Gasteiger partial charge on any atom is 1.00 e. The second-order valence-corrected chi connectivity index (χ2v) is 5.98. The van der Waals surface area contributed by atoms with E-state index in [0.717, 1.165) is 45.1 Å². The van der Waals surface area contributed by atoms with E-state index in [2.05, 4.69) is 5.32 Å². The molecule has 1 aliphatic rings. The van der Waals surface area contributed by atoms with Crippen molar-refractivity contribution in [1.82, 2.24) is 5.32 Å².